The van der Waals surface area contributed by atoms with Crippen molar-refractivity contribution in [2.75, 3.05) is 0 Å². The third-order valence-electron chi connectivity index (χ3n) is 3.18. The normalized spacial score (nSPS) is 10.5. The molecular weight excluding hydrogens is 314 g/mol. The van der Waals surface area contributed by atoms with Crippen molar-refractivity contribution in [2.24, 2.45) is 5.73 Å². The number of hydrogen-bond acceptors (Lipinski definition) is 3. The zero-order chi connectivity index (χ0) is 16.2. The number of carbonyl (C=O) groups excluding carboxylic acids is 1. The van der Waals surface area contributed by atoms with Crippen molar-refractivity contribution in [1.29, 1.82) is 0 Å². The predicted octanol–water partition coefficient (Wildman–Crippen LogP) is 3.48. The fourth-order valence-corrected chi connectivity index (χ4v) is 2.33. The molecule has 1 heterocycles. The van der Waals surface area contributed by atoms with Gasteiger partial charge in [0.05, 0.1) is 0 Å². The summed E-state index contributed by atoms with van der Waals surface area (Å²) in [6.07, 6.45) is 3.35. The van der Waals surface area contributed by atoms with E-state index in [2.05, 4.69) is 4.98 Å². The molecule has 3 rings (SSSR count). The minimum Gasteiger partial charge on any atom is -0.457 e. The molecule has 116 valence electrons. The first-order valence-electron chi connectivity index (χ1n) is 6.95. The first kappa shape index (κ1) is 15.1. The van der Waals surface area contributed by atoms with Crippen LogP contribution in [0.3, 0.4) is 0 Å². The highest BCUT2D eigenvalue weighted by Gasteiger charge is 2.09. The highest BCUT2D eigenvalue weighted by molar-refractivity contribution is 6.30. The van der Waals surface area contributed by atoms with Gasteiger partial charge in [-0.3, -0.25) is 4.79 Å². The lowest BCUT2D eigenvalue weighted by molar-refractivity contribution is -0.118. The van der Waals surface area contributed by atoms with Gasteiger partial charge in [-0.05, 0) is 36.4 Å². The van der Waals surface area contributed by atoms with Gasteiger partial charge < -0.3 is 15.0 Å². The molecule has 0 atom stereocenters. The quantitative estimate of drug-likeness (QED) is 0.780. The Labute approximate surface area is 138 Å². The van der Waals surface area contributed by atoms with Crippen molar-refractivity contribution < 1.29 is 9.53 Å². The first-order chi connectivity index (χ1) is 11.1. The van der Waals surface area contributed by atoms with Crippen LogP contribution in [0, 0.1) is 0 Å². The summed E-state index contributed by atoms with van der Waals surface area (Å²) in [7, 11) is 0. The van der Waals surface area contributed by atoms with Crippen molar-refractivity contribution >= 4 is 17.5 Å². The number of imidazole rings is 1. The van der Waals surface area contributed by atoms with Gasteiger partial charge in [0.2, 0.25) is 5.91 Å². The maximum atomic E-state index is 11.1. The van der Waals surface area contributed by atoms with E-state index in [-0.39, 0.29) is 6.54 Å². The number of nitrogens with zero attached hydrogens (tertiary/aromatic N) is 2. The third kappa shape index (κ3) is 3.70. The zero-order valence-corrected chi connectivity index (χ0v) is 12.9. The van der Waals surface area contributed by atoms with Crippen molar-refractivity contribution in [3.8, 4) is 22.9 Å². The summed E-state index contributed by atoms with van der Waals surface area (Å²) < 4.78 is 7.50. The molecule has 0 bridgehead atoms. The van der Waals surface area contributed by atoms with E-state index in [1.54, 1.807) is 41.2 Å². The van der Waals surface area contributed by atoms with Gasteiger partial charge in [-0.25, -0.2) is 4.98 Å². The summed E-state index contributed by atoms with van der Waals surface area (Å²) in [6, 6.07) is 14.6. The van der Waals surface area contributed by atoms with Crippen LogP contribution >= 0.6 is 11.6 Å². The molecule has 0 aliphatic rings. The van der Waals surface area contributed by atoms with E-state index < -0.39 is 5.91 Å². The number of carbonyl (C=O) groups is 1. The number of halogens is 1. The molecule has 0 fully saturated rings. The maximum Gasteiger partial charge on any atom is 0.237 e. The molecular formula is C17H14ClN3O2. The summed E-state index contributed by atoms with van der Waals surface area (Å²) in [5.74, 6) is 1.59. The van der Waals surface area contributed by atoms with Gasteiger partial charge in [0, 0.05) is 23.0 Å². The lowest BCUT2D eigenvalue weighted by Crippen LogP contribution is -2.18. The van der Waals surface area contributed by atoms with E-state index in [0.717, 1.165) is 5.56 Å². The number of primary amides is 1. The van der Waals surface area contributed by atoms with Crippen molar-refractivity contribution in [2.45, 2.75) is 6.54 Å². The third-order valence-corrected chi connectivity index (χ3v) is 3.44. The Kier molecular flexibility index (Phi) is 4.30. The molecule has 2 aromatic carbocycles. The lowest BCUT2D eigenvalue weighted by atomic mass is 10.2. The van der Waals surface area contributed by atoms with Crippen LogP contribution in [0.25, 0.3) is 11.4 Å². The van der Waals surface area contributed by atoms with Gasteiger partial charge in [0.15, 0.2) is 0 Å². The fraction of sp³-hybridized carbons (Fsp3) is 0.0588. The van der Waals surface area contributed by atoms with Crippen molar-refractivity contribution in [3.63, 3.8) is 0 Å². The van der Waals surface area contributed by atoms with Gasteiger partial charge in [-0.1, -0.05) is 23.7 Å². The number of benzene rings is 2. The minimum absolute atomic E-state index is 0.0810. The monoisotopic (exact) mass is 327 g/mol. The van der Waals surface area contributed by atoms with E-state index in [4.69, 9.17) is 22.1 Å². The molecule has 0 unspecified atom stereocenters. The topological polar surface area (TPSA) is 70.1 Å². The lowest BCUT2D eigenvalue weighted by Gasteiger charge is -2.09. The van der Waals surface area contributed by atoms with Crippen LogP contribution in [-0.4, -0.2) is 15.5 Å². The summed E-state index contributed by atoms with van der Waals surface area (Å²) in [5.41, 5.74) is 6.09. The smallest absolute Gasteiger partial charge is 0.237 e. The number of hydrogen-bond donors (Lipinski definition) is 1. The summed E-state index contributed by atoms with van der Waals surface area (Å²) in [5, 5.41) is 0.652. The largest absolute Gasteiger partial charge is 0.457 e. The van der Waals surface area contributed by atoms with Crippen LogP contribution in [0.4, 0.5) is 0 Å². The van der Waals surface area contributed by atoms with Crippen LogP contribution in [0.1, 0.15) is 0 Å². The van der Waals surface area contributed by atoms with Gasteiger partial charge in [0.25, 0.3) is 0 Å². The van der Waals surface area contributed by atoms with E-state index in [1.165, 1.54) is 0 Å². The zero-order valence-electron chi connectivity index (χ0n) is 12.1. The van der Waals surface area contributed by atoms with Gasteiger partial charge in [-0.15, -0.1) is 0 Å². The average molecular weight is 328 g/mol. The predicted molar refractivity (Wildman–Crippen MR) is 88.4 cm³/mol. The second-order valence-corrected chi connectivity index (χ2v) is 5.37. The highest BCUT2D eigenvalue weighted by Crippen LogP contribution is 2.27. The molecule has 23 heavy (non-hydrogen) atoms. The number of aromatic nitrogens is 2. The molecule has 6 heteroatoms. The molecule has 0 aliphatic heterocycles. The van der Waals surface area contributed by atoms with Crippen LogP contribution in [-0.2, 0) is 11.3 Å². The molecule has 0 radical (unpaired) electrons. The molecule has 3 aromatic rings. The van der Waals surface area contributed by atoms with Crippen molar-refractivity contribution in [1.82, 2.24) is 9.55 Å². The minimum atomic E-state index is -0.419. The van der Waals surface area contributed by atoms with Crippen LogP contribution in [0.5, 0.6) is 11.5 Å². The standard InChI is InChI=1S/C17H14ClN3O2/c18-13-4-6-14(7-5-13)23-15-3-1-2-12(10-15)17-20-8-9-21(17)11-16(19)22/h1-10H,11H2,(H2,19,22). The summed E-state index contributed by atoms with van der Waals surface area (Å²) in [6.45, 7) is 0.0810. The Morgan fingerprint density at radius 3 is 2.70 bits per heavy atom. The highest BCUT2D eigenvalue weighted by atomic mass is 35.5. The average Bonchev–Trinajstić information content (AvgIpc) is 2.97. The van der Waals surface area contributed by atoms with Crippen LogP contribution in [0.2, 0.25) is 5.02 Å². The SMILES string of the molecule is NC(=O)Cn1ccnc1-c1cccc(Oc2ccc(Cl)cc2)c1. The number of nitrogens with two attached hydrogens (primary N) is 1. The van der Waals surface area contributed by atoms with E-state index in [0.29, 0.717) is 22.3 Å². The van der Waals surface area contributed by atoms with Crippen LogP contribution < -0.4 is 10.5 Å². The maximum absolute atomic E-state index is 11.1. The first-order valence-corrected chi connectivity index (χ1v) is 7.33. The van der Waals surface area contributed by atoms with Gasteiger partial charge in [-0.2, -0.15) is 0 Å². The summed E-state index contributed by atoms with van der Waals surface area (Å²) >= 11 is 5.86. The molecule has 0 spiro atoms. The van der Waals surface area contributed by atoms with Gasteiger partial charge >= 0.3 is 0 Å². The Morgan fingerprint density at radius 2 is 1.96 bits per heavy atom. The van der Waals surface area contributed by atoms with E-state index >= 15 is 0 Å². The Hall–Kier alpha value is -2.79. The Balaban J connectivity index is 1.86. The molecule has 0 aliphatic carbocycles. The Morgan fingerprint density at radius 1 is 1.17 bits per heavy atom. The Bertz CT molecular complexity index is 828. The molecule has 0 saturated carbocycles. The van der Waals surface area contributed by atoms with E-state index in [9.17, 15) is 4.79 Å². The number of amides is 1. The van der Waals surface area contributed by atoms with Crippen LogP contribution in [0.15, 0.2) is 60.9 Å². The number of rotatable bonds is 5. The molecule has 1 amide bonds. The molecule has 5 nitrogen and oxygen atoms in total. The van der Waals surface area contributed by atoms with Gasteiger partial charge in [0.1, 0.15) is 23.9 Å². The van der Waals surface area contributed by atoms with Crippen molar-refractivity contribution in [3.05, 3.63) is 65.9 Å². The second-order valence-electron chi connectivity index (χ2n) is 4.93. The summed E-state index contributed by atoms with van der Waals surface area (Å²) in [4.78, 5) is 15.4. The second kappa shape index (κ2) is 6.54. The fourth-order valence-electron chi connectivity index (χ4n) is 2.20. The van der Waals surface area contributed by atoms with E-state index in [1.807, 2.05) is 24.3 Å². The molecule has 2 N–H and O–H groups in total. The number of ether oxygens (including phenoxy) is 1. The molecule has 0 saturated heterocycles. The molecule has 1 aromatic heterocycles.